The molecule has 0 aliphatic heterocycles. The molecule has 0 unspecified atom stereocenters. The molecule has 2 heteroatoms. The molecule has 0 aliphatic carbocycles. The van der Waals surface area contributed by atoms with E-state index in [1.165, 1.54) is 5.56 Å². The lowest BCUT2D eigenvalue weighted by atomic mass is 10.1. The van der Waals surface area contributed by atoms with Gasteiger partial charge in [0, 0.05) is 16.7 Å². The van der Waals surface area contributed by atoms with Crippen molar-refractivity contribution >= 4 is 21.6 Å². The number of anilines is 1. The third-order valence-electron chi connectivity index (χ3n) is 2.99. The second-order valence-corrected chi connectivity index (χ2v) is 5.25. The standard InChI is InChI=1S/C17H16BrN/c1-2-13-19(17-10-8-16(18)9-11-17)14-12-15-6-4-3-5-7-15/h1,3-11H,12-14H2. The summed E-state index contributed by atoms with van der Waals surface area (Å²) in [6.07, 6.45) is 6.46. The van der Waals surface area contributed by atoms with E-state index in [0.29, 0.717) is 6.54 Å². The van der Waals surface area contributed by atoms with Gasteiger partial charge in [-0.05, 0) is 36.2 Å². The minimum atomic E-state index is 0.633. The highest BCUT2D eigenvalue weighted by Crippen LogP contribution is 2.18. The van der Waals surface area contributed by atoms with Crippen molar-refractivity contribution in [3.8, 4) is 12.3 Å². The lowest BCUT2D eigenvalue weighted by Crippen LogP contribution is -2.26. The molecule has 0 bridgehead atoms. The average molecular weight is 314 g/mol. The molecule has 0 spiro atoms. The summed E-state index contributed by atoms with van der Waals surface area (Å²) in [5.74, 6) is 2.73. The molecule has 0 saturated carbocycles. The van der Waals surface area contributed by atoms with Crippen molar-refractivity contribution in [2.45, 2.75) is 6.42 Å². The van der Waals surface area contributed by atoms with Crippen LogP contribution in [0.25, 0.3) is 0 Å². The quantitative estimate of drug-likeness (QED) is 0.750. The number of benzene rings is 2. The van der Waals surface area contributed by atoms with Gasteiger partial charge in [-0.25, -0.2) is 0 Å². The summed E-state index contributed by atoms with van der Waals surface area (Å²) >= 11 is 3.45. The Balaban J connectivity index is 2.04. The van der Waals surface area contributed by atoms with E-state index in [1.807, 2.05) is 18.2 Å². The Morgan fingerprint density at radius 3 is 2.32 bits per heavy atom. The molecule has 1 nitrogen and oxygen atoms in total. The summed E-state index contributed by atoms with van der Waals surface area (Å²) in [5.41, 5.74) is 2.50. The summed E-state index contributed by atoms with van der Waals surface area (Å²) < 4.78 is 1.08. The summed E-state index contributed by atoms with van der Waals surface area (Å²) in [5, 5.41) is 0. The van der Waals surface area contributed by atoms with Gasteiger partial charge in [0.15, 0.2) is 0 Å². The van der Waals surface area contributed by atoms with E-state index in [0.717, 1.165) is 23.1 Å². The van der Waals surface area contributed by atoms with Crippen LogP contribution >= 0.6 is 15.9 Å². The highest BCUT2D eigenvalue weighted by Gasteiger charge is 2.05. The SMILES string of the molecule is C#CCN(CCc1ccccc1)c1ccc(Br)cc1. The Hall–Kier alpha value is -1.72. The molecule has 0 atom stereocenters. The molecule has 0 radical (unpaired) electrons. The van der Waals surface area contributed by atoms with Crippen LogP contribution in [0.3, 0.4) is 0 Å². The van der Waals surface area contributed by atoms with Gasteiger partial charge < -0.3 is 4.90 Å². The van der Waals surface area contributed by atoms with E-state index in [4.69, 9.17) is 6.42 Å². The van der Waals surface area contributed by atoms with Gasteiger partial charge in [-0.3, -0.25) is 0 Å². The Kier molecular flexibility index (Phi) is 5.06. The van der Waals surface area contributed by atoms with Crippen molar-refractivity contribution in [2.24, 2.45) is 0 Å². The molecule has 2 rings (SSSR count). The monoisotopic (exact) mass is 313 g/mol. The largest absolute Gasteiger partial charge is 0.360 e. The summed E-state index contributed by atoms with van der Waals surface area (Å²) in [6.45, 7) is 1.56. The topological polar surface area (TPSA) is 3.24 Å². The third kappa shape index (κ3) is 4.15. The number of nitrogens with zero attached hydrogens (tertiary/aromatic N) is 1. The van der Waals surface area contributed by atoms with E-state index in [-0.39, 0.29) is 0 Å². The Morgan fingerprint density at radius 2 is 1.68 bits per heavy atom. The van der Waals surface area contributed by atoms with Crippen LogP contribution in [0.4, 0.5) is 5.69 Å². The lowest BCUT2D eigenvalue weighted by Gasteiger charge is -2.22. The first-order valence-corrected chi connectivity index (χ1v) is 7.07. The molecule has 2 aromatic rings. The number of hydrogen-bond donors (Lipinski definition) is 0. The van der Waals surface area contributed by atoms with Crippen molar-refractivity contribution in [1.82, 2.24) is 0 Å². The van der Waals surface area contributed by atoms with Crippen LogP contribution in [0, 0.1) is 12.3 Å². The van der Waals surface area contributed by atoms with E-state index in [9.17, 15) is 0 Å². The molecule has 0 saturated heterocycles. The average Bonchev–Trinajstić information content (AvgIpc) is 2.46. The summed E-state index contributed by atoms with van der Waals surface area (Å²) in [4.78, 5) is 2.22. The number of rotatable bonds is 5. The molecule has 0 fully saturated rings. The smallest absolute Gasteiger partial charge is 0.0791 e. The summed E-state index contributed by atoms with van der Waals surface area (Å²) in [7, 11) is 0. The first kappa shape index (κ1) is 13.7. The second-order valence-electron chi connectivity index (χ2n) is 4.34. The fraction of sp³-hybridized carbons (Fsp3) is 0.176. The minimum Gasteiger partial charge on any atom is -0.360 e. The normalized spacial score (nSPS) is 9.89. The van der Waals surface area contributed by atoms with Gasteiger partial charge in [0.05, 0.1) is 6.54 Å². The molecule has 96 valence electrons. The fourth-order valence-corrected chi connectivity index (χ4v) is 2.23. The number of terminal acetylenes is 1. The van der Waals surface area contributed by atoms with E-state index in [2.05, 4.69) is 63.1 Å². The lowest BCUT2D eigenvalue weighted by molar-refractivity contribution is 0.844. The van der Waals surface area contributed by atoms with Crippen LogP contribution < -0.4 is 4.90 Å². The highest BCUT2D eigenvalue weighted by molar-refractivity contribution is 9.10. The minimum absolute atomic E-state index is 0.633. The molecule has 0 aliphatic rings. The van der Waals surface area contributed by atoms with Crippen LogP contribution in [0.15, 0.2) is 59.1 Å². The van der Waals surface area contributed by atoms with Gasteiger partial charge in [-0.2, -0.15) is 0 Å². The van der Waals surface area contributed by atoms with Crippen LogP contribution in [-0.4, -0.2) is 13.1 Å². The van der Waals surface area contributed by atoms with Gasteiger partial charge in [-0.1, -0.05) is 52.2 Å². The maximum Gasteiger partial charge on any atom is 0.0791 e. The predicted octanol–water partition coefficient (Wildman–Crippen LogP) is 4.13. The Morgan fingerprint density at radius 1 is 1.00 bits per heavy atom. The van der Waals surface area contributed by atoms with Crippen molar-refractivity contribution in [3.05, 3.63) is 64.6 Å². The number of halogens is 1. The van der Waals surface area contributed by atoms with E-state index in [1.54, 1.807) is 0 Å². The molecule has 0 aromatic heterocycles. The molecule has 0 N–H and O–H groups in total. The Bertz CT molecular complexity index is 540. The highest BCUT2D eigenvalue weighted by atomic mass is 79.9. The van der Waals surface area contributed by atoms with E-state index >= 15 is 0 Å². The maximum atomic E-state index is 5.46. The molecular weight excluding hydrogens is 298 g/mol. The maximum absolute atomic E-state index is 5.46. The van der Waals surface area contributed by atoms with Gasteiger partial charge in [-0.15, -0.1) is 6.42 Å². The van der Waals surface area contributed by atoms with Gasteiger partial charge in [0.2, 0.25) is 0 Å². The van der Waals surface area contributed by atoms with Gasteiger partial charge >= 0.3 is 0 Å². The van der Waals surface area contributed by atoms with Gasteiger partial charge in [0.25, 0.3) is 0 Å². The van der Waals surface area contributed by atoms with E-state index < -0.39 is 0 Å². The first-order chi connectivity index (χ1) is 9.29. The van der Waals surface area contributed by atoms with Crippen molar-refractivity contribution < 1.29 is 0 Å². The molecule has 19 heavy (non-hydrogen) atoms. The first-order valence-electron chi connectivity index (χ1n) is 6.27. The predicted molar refractivity (Wildman–Crippen MR) is 85.3 cm³/mol. The van der Waals surface area contributed by atoms with Gasteiger partial charge in [0.1, 0.15) is 0 Å². The van der Waals surface area contributed by atoms with Crippen molar-refractivity contribution in [1.29, 1.82) is 0 Å². The third-order valence-corrected chi connectivity index (χ3v) is 3.52. The van der Waals surface area contributed by atoms with Crippen molar-refractivity contribution in [2.75, 3.05) is 18.0 Å². The summed E-state index contributed by atoms with van der Waals surface area (Å²) in [6, 6.07) is 18.7. The number of hydrogen-bond acceptors (Lipinski definition) is 1. The van der Waals surface area contributed by atoms with Crippen LogP contribution in [-0.2, 0) is 6.42 Å². The molecular formula is C17H16BrN. The molecule has 0 heterocycles. The zero-order valence-corrected chi connectivity index (χ0v) is 12.3. The second kappa shape index (κ2) is 7.01. The fourth-order valence-electron chi connectivity index (χ4n) is 1.97. The molecule has 0 amide bonds. The molecule has 2 aromatic carbocycles. The van der Waals surface area contributed by atoms with Crippen LogP contribution in [0.5, 0.6) is 0 Å². The zero-order chi connectivity index (χ0) is 13.5. The van der Waals surface area contributed by atoms with Crippen molar-refractivity contribution in [3.63, 3.8) is 0 Å². The Labute approximate surface area is 123 Å². The zero-order valence-electron chi connectivity index (χ0n) is 10.7. The van der Waals surface area contributed by atoms with Crippen LogP contribution in [0.2, 0.25) is 0 Å². The van der Waals surface area contributed by atoms with Crippen LogP contribution in [0.1, 0.15) is 5.56 Å².